The zero-order chi connectivity index (χ0) is 18.4. The highest BCUT2D eigenvalue weighted by molar-refractivity contribution is 5.34. The number of benzene rings is 1. The van der Waals surface area contributed by atoms with Crippen molar-refractivity contribution in [1.82, 2.24) is 15.3 Å². The van der Waals surface area contributed by atoms with E-state index in [4.69, 9.17) is 4.98 Å². The number of nitrogens with zero attached hydrogens (tertiary/aromatic N) is 3. The van der Waals surface area contributed by atoms with Crippen molar-refractivity contribution in [2.75, 3.05) is 18.0 Å². The summed E-state index contributed by atoms with van der Waals surface area (Å²) >= 11 is 0. The van der Waals surface area contributed by atoms with Gasteiger partial charge in [-0.05, 0) is 44.4 Å². The van der Waals surface area contributed by atoms with Crippen molar-refractivity contribution >= 4 is 5.95 Å². The van der Waals surface area contributed by atoms with E-state index >= 15 is 0 Å². The summed E-state index contributed by atoms with van der Waals surface area (Å²) in [4.78, 5) is 11.8. The van der Waals surface area contributed by atoms with Gasteiger partial charge in [0.2, 0.25) is 5.95 Å². The Bertz CT molecular complexity index is 711. The van der Waals surface area contributed by atoms with Gasteiger partial charge in [0.05, 0.1) is 0 Å². The first-order valence-corrected chi connectivity index (χ1v) is 9.73. The molecule has 1 saturated heterocycles. The molecule has 5 heteroatoms. The zero-order valence-corrected chi connectivity index (χ0v) is 15.9. The van der Waals surface area contributed by atoms with Gasteiger partial charge in [-0.2, -0.15) is 0 Å². The van der Waals surface area contributed by atoms with Crippen LogP contribution in [0.3, 0.4) is 0 Å². The minimum absolute atomic E-state index is 0.152. The summed E-state index contributed by atoms with van der Waals surface area (Å²) in [5, 5.41) is 13.1. The molecule has 0 amide bonds. The van der Waals surface area contributed by atoms with Gasteiger partial charge in [0.1, 0.15) is 5.75 Å². The largest absolute Gasteiger partial charge is 0.508 e. The molecule has 0 bridgehead atoms. The molecular weight excluding hydrogens is 324 g/mol. The van der Waals surface area contributed by atoms with Crippen molar-refractivity contribution in [1.29, 1.82) is 0 Å². The summed E-state index contributed by atoms with van der Waals surface area (Å²) in [6.07, 6.45) is 8.40. The maximum Gasteiger partial charge on any atom is 0.225 e. The maximum absolute atomic E-state index is 9.58. The molecule has 1 atom stereocenters. The smallest absolute Gasteiger partial charge is 0.225 e. The van der Waals surface area contributed by atoms with E-state index in [1.54, 1.807) is 12.1 Å². The van der Waals surface area contributed by atoms with E-state index in [1.807, 2.05) is 18.3 Å². The first-order valence-electron chi connectivity index (χ1n) is 9.73. The number of hydrogen-bond donors (Lipinski definition) is 2. The molecule has 0 unspecified atom stereocenters. The minimum atomic E-state index is 0.152. The van der Waals surface area contributed by atoms with Crippen molar-refractivity contribution in [2.45, 2.75) is 58.5 Å². The maximum atomic E-state index is 9.58. The number of aryl methyl sites for hydroxylation is 1. The summed E-state index contributed by atoms with van der Waals surface area (Å²) in [5.41, 5.74) is 3.22. The van der Waals surface area contributed by atoms with Crippen molar-refractivity contribution in [3.8, 4) is 5.75 Å². The van der Waals surface area contributed by atoms with Gasteiger partial charge in [0, 0.05) is 43.1 Å². The van der Waals surface area contributed by atoms with E-state index in [-0.39, 0.29) is 6.04 Å². The number of aromatic hydroxyl groups is 1. The van der Waals surface area contributed by atoms with Gasteiger partial charge in [-0.3, -0.25) is 0 Å². The molecule has 1 aliphatic rings. The molecule has 1 aromatic heterocycles. The number of phenols is 1. The molecule has 0 radical (unpaired) electrons. The molecule has 0 saturated carbocycles. The van der Waals surface area contributed by atoms with Crippen LogP contribution in [0.5, 0.6) is 5.75 Å². The standard InChI is InChI=1S/C21H30N4O/c1-16(22-14-18-9-8-10-19(26)13-18)20-15-23-21(24-17(20)2)25-11-6-4-3-5-7-12-25/h8-10,13,15-16,22,26H,3-7,11-12,14H2,1-2H3/t16-/m1/s1. The Kier molecular flexibility index (Phi) is 6.45. The Morgan fingerprint density at radius 2 is 1.88 bits per heavy atom. The highest BCUT2D eigenvalue weighted by Crippen LogP contribution is 2.21. The SMILES string of the molecule is Cc1nc(N2CCCCCCC2)ncc1[C@@H](C)NCc1cccc(O)c1. The molecule has 2 heterocycles. The highest BCUT2D eigenvalue weighted by Gasteiger charge is 2.15. The van der Waals surface area contributed by atoms with Gasteiger partial charge < -0.3 is 15.3 Å². The Labute approximate surface area is 156 Å². The summed E-state index contributed by atoms with van der Waals surface area (Å²) in [6, 6.07) is 7.50. The van der Waals surface area contributed by atoms with E-state index in [2.05, 4.69) is 29.0 Å². The topological polar surface area (TPSA) is 61.3 Å². The zero-order valence-electron chi connectivity index (χ0n) is 15.9. The second kappa shape index (κ2) is 8.99. The molecule has 26 heavy (non-hydrogen) atoms. The lowest BCUT2D eigenvalue weighted by Crippen LogP contribution is -2.29. The number of anilines is 1. The lowest BCUT2D eigenvalue weighted by Gasteiger charge is -2.25. The second-order valence-corrected chi connectivity index (χ2v) is 7.24. The highest BCUT2D eigenvalue weighted by atomic mass is 16.3. The van der Waals surface area contributed by atoms with Gasteiger partial charge in [-0.25, -0.2) is 9.97 Å². The van der Waals surface area contributed by atoms with Crippen LogP contribution in [-0.2, 0) is 6.54 Å². The predicted octanol–water partition coefficient (Wildman–Crippen LogP) is 4.11. The van der Waals surface area contributed by atoms with Crippen LogP contribution in [0.4, 0.5) is 5.95 Å². The van der Waals surface area contributed by atoms with Crippen LogP contribution in [0.15, 0.2) is 30.5 Å². The number of nitrogens with one attached hydrogen (secondary N) is 1. The van der Waals surface area contributed by atoms with Gasteiger partial charge in [-0.15, -0.1) is 0 Å². The van der Waals surface area contributed by atoms with Crippen LogP contribution in [-0.4, -0.2) is 28.2 Å². The molecule has 140 valence electrons. The Morgan fingerprint density at radius 1 is 1.15 bits per heavy atom. The van der Waals surface area contributed by atoms with Crippen LogP contribution in [0.2, 0.25) is 0 Å². The van der Waals surface area contributed by atoms with Crippen LogP contribution >= 0.6 is 0 Å². The molecular formula is C21H30N4O. The second-order valence-electron chi connectivity index (χ2n) is 7.24. The Morgan fingerprint density at radius 3 is 2.58 bits per heavy atom. The fourth-order valence-corrected chi connectivity index (χ4v) is 3.54. The summed E-state index contributed by atoms with van der Waals surface area (Å²) < 4.78 is 0. The van der Waals surface area contributed by atoms with Crippen LogP contribution in [0.1, 0.15) is 61.9 Å². The first-order chi connectivity index (χ1) is 12.6. The first kappa shape index (κ1) is 18.6. The van der Waals surface area contributed by atoms with Crippen LogP contribution in [0.25, 0.3) is 0 Å². The monoisotopic (exact) mass is 354 g/mol. The van der Waals surface area contributed by atoms with Gasteiger partial charge in [-0.1, -0.05) is 31.4 Å². The molecule has 3 rings (SSSR count). The van der Waals surface area contributed by atoms with Crippen molar-refractivity contribution < 1.29 is 5.11 Å². The average Bonchev–Trinajstić information content (AvgIpc) is 2.59. The lowest BCUT2D eigenvalue weighted by molar-refractivity contribution is 0.473. The van der Waals surface area contributed by atoms with Gasteiger partial charge in [0.15, 0.2) is 0 Å². The molecule has 0 spiro atoms. The van der Waals surface area contributed by atoms with E-state index in [0.717, 1.165) is 35.9 Å². The fraction of sp³-hybridized carbons (Fsp3) is 0.524. The predicted molar refractivity (Wildman–Crippen MR) is 105 cm³/mol. The molecule has 2 aromatic rings. The molecule has 2 N–H and O–H groups in total. The number of phenolic OH excluding ortho intramolecular Hbond substituents is 1. The van der Waals surface area contributed by atoms with Crippen LogP contribution in [0, 0.1) is 6.92 Å². The third-order valence-corrected chi connectivity index (χ3v) is 5.13. The molecule has 1 aliphatic heterocycles. The van der Waals surface area contributed by atoms with E-state index in [1.165, 1.54) is 32.1 Å². The lowest BCUT2D eigenvalue weighted by atomic mass is 10.1. The minimum Gasteiger partial charge on any atom is -0.508 e. The third-order valence-electron chi connectivity index (χ3n) is 5.13. The quantitative estimate of drug-likeness (QED) is 0.846. The van der Waals surface area contributed by atoms with E-state index in [9.17, 15) is 5.11 Å². The van der Waals surface area contributed by atoms with E-state index < -0.39 is 0 Å². The van der Waals surface area contributed by atoms with Gasteiger partial charge in [0.25, 0.3) is 0 Å². The molecule has 1 aromatic carbocycles. The summed E-state index contributed by atoms with van der Waals surface area (Å²) in [6.45, 7) is 7.01. The number of aromatic nitrogens is 2. The van der Waals surface area contributed by atoms with Crippen molar-refractivity contribution in [2.24, 2.45) is 0 Å². The van der Waals surface area contributed by atoms with Crippen molar-refractivity contribution in [3.63, 3.8) is 0 Å². The van der Waals surface area contributed by atoms with Crippen molar-refractivity contribution in [3.05, 3.63) is 47.3 Å². The molecule has 0 aliphatic carbocycles. The summed E-state index contributed by atoms with van der Waals surface area (Å²) in [5.74, 6) is 1.17. The Hall–Kier alpha value is -2.14. The molecule has 1 fully saturated rings. The number of hydrogen-bond acceptors (Lipinski definition) is 5. The summed E-state index contributed by atoms with van der Waals surface area (Å²) in [7, 11) is 0. The normalized spacial score (nSPS) is 16.8. The average molecular weight is 354 g/mol. The Balaban J connectivity index is 1.64. The number of rotatable bonds is 5. The fourth-order valence-electron chi connectivity index (χ4n) is 3.54. The van der Waals surface area contributed by atoms with Gasteiger partial charge >= 0.3 is 0 Å². The molecule has 5 nitrogen and oxygen atoms in total. The van der Waals surface area contributed by atoms with E-state index in [0.29, 0.717) is 12.3 Å². The third kappa shape index (κ3) is 4.94. The van der Waals surface area contributed by atoms with Crippen LogP contribution < -0.4 is 10.2 Å².